The molecule has 0 aliphatic carbocycles. The molecule has 0 bridgehead atoms. The summed E-state index contributed by atoms with van der Waals surface area (Å²) < 4.78 is 11.0. The van der Waals surface area contributed by atoms with Crippen molar-refractivity contribution in [1.29, 1.82) is 5.26 Å². The van der Waals surface area contributed by atoms with E-state index in [1.54, 1.807) is 25.3 Å². The van der Waals surface area contributed by atoms with Crippen LogP contribution in [0.1, 0.15) is 12.5 Å². The van der Waals surface area contributed by atoms with Crippen molar-refractivity contribution in [3.63, 3.8) is 0 Å². The molecule has 0 aromatic heterocycles. The SMILES string of the molecule is COc1ccc(OCCN2CCN([C@H](C)C(=O)Nc3ccccc3C#N)CC2)cc1. The second-order valence-corrected chi connectivity index (χ2v) is 7.22. The van der Waals surface area contributed by atoms with Gasteiger partial charge in [-0.3, -0.25) is 14.6 Å². The number of ether oxygens (including phenoxy) is 2. The molecule has 1 heterocycles. The third-order valence-electron chi connectivity index (χ3n) is 5.38. The predicted octanol–water partition coefficient (Wildman–Crippen LogP) is 2.59. The summed E-state index contributed by atoms with van der Waals surface area (Å²) in [7, 11) is 1.64. The minimum absolute atomic E-state index is 0.0889. The Labute approximate surface area is 177 Å². The minimum atomic E-state index is -0.255. The molecule has 158 valence electrons. The average molecular weight is 409 g/mol. The number of carbonyl (C=O) groups excluding carboxylic acids is 1. The number of methoxy groups -OCH3 is 1. The fourth-order valence-corrected chi connectivity index (χ4v) is 3.43. The van der Waals surface area contributed by atoms with Crippen LogP contribution in [-0.2, 0) is 4.79 Å². The number of rotatable bonds is 8. The Kier molecular flexibility index (Phi) is 7.66. The number of amides is 1. The van der Waals surface area contributed by atoms with Gasteiger partial charge in [0.1, 0.15) is 24.2 Å². The molecular formula is C23H28N4O3. The number of piperazine rings is 1. The van der Waals surface area contributed by atoms with Gasteiger partial charge >= 0.3 is 0 Å². The lowest BCUT2D eigenvalue weighted by molar-refractivity contribution is -0.121. The smallest absolute Gasteiger partial charge is 0.241 e. The van der Waals surface area contributed by atoms with Crippen LogP contribution in [0.3, 0.4) is 0 Å². The lowest BCUT2D eigenvalue weighted by atomic mass is 10.1. The van der Waals surface area contributed by atoms with Gasteiger partial charge in [-0.1, -0.05) is 12.1 Å². The molecule has 0 spiro atoms. The number of carbonyl (C=O) groups is 1. The highest BCUT2D eigenvalue weighted by Crippen LogP contribution is 2.17. The van der Waals surface area contributed by atoms with Crippen LogP contribution in [-0.4, -0.2) is 68.2 Å². The molecule has 1 saturated heterocycles. The molecule has 1 fully saturated rings. The number of hydrogen-bond donors (Lipinski definition) is 1. The molecule has 7 heteroatoms. The first-order chi connectivity index (χ1) is 14.6. The molecule has 1 atom stereocenters. The Morgan fingerprint density at radius 1 is 1.10 bits per heavy atom. The van der Waals surface area contributed by atoms with E-state index in [0.29, 0.717) is 17.9 Å². The summed E-state index contributed by atoms with van der Waals surface area (Å²) in [5, 5.41) is 12.1. The minimum Gasteiger partial charge on any atom is -0.497 e. The summed E-state index contributed by atoms with van der Waals surface area (Å²) in [4.78, 5) is 17.1. The van der Waals surface area contributed by atoms with Crippen molar-refractivity contribution in [3.05, 3.63) is 54.1 Å². The van der Waals surface area contributed by atoms with E-state index in [1.807, 2.05) is 37.3 Å². The van der Waals surface area contributed by atoms with Gasteiger partial charge in [-0.25, -0.2) is 0 Å². The summed E-state index contributed by atoms with van der Waals surface area (Å²) in [5.41, 5.74) is 1.03. The molecule has 1 aliphatic rings. The number of hydrogen-bond acceptors (Lipinski definition) is 6. The van der Waals surface area contributed by atoms with E-state index in [9.17, 15) is 10.1 Å². The second-order valence-electron chi connectivity index (χ2n) is 7.22. The highest BCUT2D eigenvalue weighted by Gasteiger charge is 2.25. The summed E-state index contributed by atoms with van der Waals surface area (Å²) in [6.45, 7) is 6.78. The zero-order chi connectivity index (χ0) is 21.3. The van der Waals surface area contributed by atoms with Crippen LogP contribution < -0.4 is 14.8 Å². The molecule has 2 aromatic rings. The number of benzene rings is 2. The monoisotopic (exact) mass is 408 g/mol. The van der Waals surface area contributed by atoms with E-state index in [4.69, 9.17) is 9.47 Å². The molecule has 1 amide bonds. The first-order valence-corrected chi connectivity index (χ1v) is 10.1. The van der Waals surface area contributed by atoms with E-state index in [1.165, 1.54) is 0 Å². The number of nitrogens with zero attached hydrogens (tertiary/aromatic N) is 3. The molecule has 7 nitrogen and oxygen atoms in total. The van der Waals surface area contributed by atoms with E-state index in [-0.39, 0.29) is 11.9 Å². The third kappa shape index (κ3) is 5.72. The Morgan fingerprint density at radius 3 is 2.43 bits per heavy atom. The van der Waals surface area contributed by atoms with Crippen LogP contribution in [0.5, 0.6) is 11.5 Å². The van der Waals surface area contributed by atoms with Crippen molar-refractivity contribution in [2.24, 2.45) is 0 Å². The van der Waals surface area contributed by atoms with Crippen molar-refractivity contribution in [2.75, 3.05) is 51.8 Å². The van der Waals surface area contributed by atoms with E-state index < -0.39 is 0 Å². The van der Waals surface area contributed by atoms with E-state index >= 15 is 0 Å². The first kappa shape index (κ1) is 21.6. The maximum absolute atomic E-state index is 12.6. The highest BCUT2D eigenvalue weighted by atomic mass is 16.5. The fourth-order valence-electron chi connectivity index (χ4n) is 3.43. The highest BCUT2D eigenvalue weighted by molar-refractivity contribution is 5.95. The van der Waals surface area contributed by atoms with Crippen molar-refractivity contribution in [3.8, 4) is 17.6 Å². The normalized spacial score (nSPS) is 15.8. The predicted molar refractivity (Wildman–Crippen MR) is 116 cm³/mol. The molecule has 0 saturated carbocycles. The van der Waals surface area contributed by atoms with Gasteiger partial charge in [-0.15, -0.1) is 0 Å². The molecule has 0 unspecified atom stereocenters. The van der Waals surface area contributed by atoms with E-state index in [0.717, 1.165) is 44.2 Å². The molecule has 2 aromatic carbocycles. The van der Waals surface area contributed by atoms with Gasteiger partial charge < -0.3 is 14.8 Å². The molecule has 30 heavy (non-hydrogen) atoms. The van der Waals surface area contributed by atoms with Crippen molar-refractivity contribution in [1.82, 2.24) is 9.80 Å². The van der Waals surface area contributed by atoms with Crippen LogP contribution >= 0.6 is 0 Å². The standard InChI is InChI=1S/C23H28N4O3/c1-18(23(28)25-22-6-4-3-5-19(22)17-24)27-13-11-26(12-14-27)15-16-30-21-9-7-20(29-2)8-10-21/h3-10,18H,11-16H2,1-2H3,(H,25,28)/t18-/m1/s1. The van der Waals surface area contributed by atoms with E-state index in [2.05, 4.69) is 21.2 Å². The van der Waals surface area contributed by atoms with Gasteiger partial charge in [0.15, 0.2) is 0 Å². The Bertz CT molecular complexity index is 871. The summed E-state index contributed by atoms with van der Waals surface area (Å²) in [6.07, 6.45) is 0. The maximum Gasteiger partial charge on any atom is 0.241 e. The van der Waals surface area contributed by atoms with Crippen LogP contribution in [0.15, 0.2) is 48.5 Å². The number of para-hydroxylation sites is 1. The van der Waals surface area contributed by atoms with Crippen LogP contribution in [0.4, 0.5) is 5.69 Å². The molecule has 1 aliphatic heterocycles. The summed E-state index contributed by atoms with van der Waals surface area (Å²) in [6, 6.07) is 16.5. The Hall–Kier alpha value is -3.08. The van der Waals surface area contributed by atoms with Gasteiger partial charge in [-0.2, -0.15) is 5.26 Å². The number of anilines is 1. The largest absolute Gasteiger partial charge is 0.497 e. The fraction of sp³-hybridized carbons (Fsp3) is 0.391. The first-order valence-electron chi connectivity index (χ1n) is 10.1. The van der Waals surface area contributed by atoms with Gasteiger partial charge in [0, 0.05) is 32.7 Å². The Balaban J connectivity index is 1.40. The zero-order valence-electron chi connectivity index (χ0n) is 17.5. The van der Waals surface area contributed by atoms with Gasteiger partial charge in [0.2, 0.25) is 5.91 Å². The van der Waals surface area contributed by atoms with Gasteiger partial charge in [-0.05, 0) is 43.3 Å². The van der Waals surface area contributed by atoms with Crippen molar-refractivity contribution in [2.45, 2.75) is 13.0 Å². The number of nitrogens with one attached hydrogen (secondary N) is 1. The van der Waals surface area contributed by atoms with Crippen LogP contribution in [0.25, 0.3) is 0 Å². The zero-order valence-corrected chi connectivity index (χ0v) is 17.5. The topological polar surface area (TPSA) is 77.8 Å². The Morgan fingerprint density at radius 2 is 1.77 bits per heavy atom. The molecule has 3 rings (SSSR count). The second kappa shape index (κ2) is 10.6. The summed E-state index contributed by atoms with van der Waals surface area (Å²) >= 11 is 0. The summed E-state index contributed by atoms with van der Waals surface area (Å²) in [5.74, 6) is 1.55. The lowest BCUT2D eigenvalue weighted by Gasteiger charge is -2.37. The number of nitriles is 1. The van der Waals surface area contributed by atoms with Crippen molar-refractivity contribution < 1.29 is 14.3 Å². The van der Waals surface area contributed by atoms with Crippen LogP contribution in [0, 0.1) is 11.3 Å². The molecular weight excluding hydrogens is 380 g/mol. The van der Waals surface area contributed by atoms with Crippen LogP contribution in [0.2, 0.25) is 0 Å². The maximum atomic E-state index is 12.6. The van der Waals surface area contributed by atoms with Gasteiger partial charge in [0.25, 0.3) is 0 Å². The third-order valence-corrected chi connectivity index (χ3v) is 5.38. The molecule has 0 radical (unpaired) electrons. The molecule has 1 N–H and O–H groups in total. The van der Waals surface area contributed by atoms with Gasteiger partial charge in [0.05, 0.1) is 24.4 Å². The average Bonchev–Trinajstić information content (AvgIpc) is 2.80. The quantitative estimate of drug-likeness (QED) is 0.723. The van der Waals surface area contributed by atoms with Crippen molar-refractivity contribution >= 4 is 11.6 Å². The lowest BCUT2D eigenvalue weighted by Crippen LogP contribution is -2.53.